The van der Waals surface area contributed by atoms with Crippen LogP contribution in [0, 0.1) is 5.82 Å². The second kappa shape index (κ2) is 8.48. The number of hydrogen-bond donors (Lipinski definition) is 0. The molecule has 0 N–H and O–H groups in total. The van der Waals surface area contributed by atoms with Gasteiger partial charge in [0.25, 0.3) is 0 Å². The third-order valence-electron chi connectivity index (χ3n) is 4.62. The molecule has 140 valence electrons. The van der Waals surface area contributed by atoms with E-state index in [4.69, 9.17) is 11.6 Å². The zero-order valence-corrected chi connectivity index (χ0v) is 16.0. The molecule has 4 nitrogen and oxygen atoms in total. The molecule has 0 amide bonds. The number of nitrogens with zero attached hydrogens (tertiary/aromatic N) is 2. The molecular weight excluding hydrogens is 375 g/mol. The van der Waals surface area contributed by atoms with Crippen molar-refractivity contribution < 1.29 is 12.8 Å². The van der Waals surface area contributed by atoms with Gasteiger partial charge in [-0.15, -0.1) is 0 Å². The maximum absolute atomic E-state index is 12.9. The second-order valence-corrected chi connectivity index (χ2v) is 8.91. The van der Waals surface area contributed by atoms with E-state index in [9.17, 15) is 12.8 Å². The third-order valence-corrected chi connectivity index (χ3v) is 6.72. The molecule has 1 heterocycles. The Morgan fingerprint density at radius 1 is 0.885 bits per heavy atom. The van der Waals surface area contributed by atoms with Crippen LogP contribution >= 0.6 is 11.6 Å². The molecule has 0 aliphatic carbocycles. The van der Waals surface area contributed by atoms with Crippen LogP contribution in [0.25, 0.3) is 0 Å². The first kappa shape index (κ1) is 19.3. The van der Waals surface area contributed by atoms with Crippen LogP contribution in [0.2, 0.25) is 5.02 Å². The lowest BCUT2D eigenvalue weighted by atomic mass is 10.1. The number of halogens is 2. The summed E-state index contributed by atoms with van der Waals surface area (Å²) in [5.41, 5.74) is 1.83. The lowest BCUT2D eigenvalue weighted by Gasteiger charge is -2.34. The summed E-state index contributed by atoms with van der Waals surface area (Å²) in [6.07, 6.45) is 0.831. The van der Waals surface area contributed by atoms with E-state index >= 15 is 0 Å². The molecule has 0 unspecified atom stereocenters. The van der Waals surface area contributed by atoms with E-state index in [1.807, 2.05) is 0 Å². The van der Waals surface area contributed by atoms with E-state index in [2.05, 4.69) is 4.90 Å². The van der Waals surface area contributed by atoms with Crippen molar-refractivity contribution in [2.24, 2.45) is 0 Å². The van der Waals surface area contributed by atoms with Crippen LogP contribution in [0.15, 0.2) is 48.5 Å². The lowest BCUT2D eigenvalue weighted by molar-refractivity contribution is 0.190. The first-order valence-electron chi connectivity index (χ1n) is 8.61. The maximum atomic E-state index is 12.9. The Morgan fingerprint density at radius 2 is 1.46 bits per heavy atom. The van der Waals surface area contributed by atoms with Gasteiger partial charge in [0.2, 0.25) is 10.0 Å². The average Bonchev–Trinajstić information content (AvgIpc) is 2.63. The highest BCUT2D eigenvalue weighted by Gasteiger charge is 2.26. The van der Waals surface area contributed by atoms with Crippen molar-refractivity contribution >= 4 is 21.6 Å². The van der Waals surface area contributed by atoms with E-state index in [0.717, 1.165) is 24.1 Å². The van der Waals surface area contributed by atoms with Crippen molar-refractivity contribution in [2.75, 3.05) is 32.7 Å². The van der Waals surface area contributed by atoms with Gasteiger partial charge >= 0.3 is 0 Å². The minimum absolute atomic E-state index is 0.000250. The van der Waals surface area contributed by atoms with Crippen LogP contribution in [0.5, 0.6) is 0 Å². The van der Waals surface area contributed by atoms with Crippen molar-refractivity contribution in [1.29, 1.82) is 0 Å². The molecule has 0 radical (unpaired) electrons. The molecule has 1 aliphatic rings. The number of benzene rings is 2. The third kappa shape index (κ3) is 5.27. The van der Waals surface area contributed by atoms with Crippen LogP contribution in [0.1, 0.15) is 11.1 Å². The molecule has 1 aliphatic heterocycles. The van der Waals surface area contributed by atoms with E-state index in [-0.39, 0.29) is 11.6 Å². The van der Waals surface area contributed by atoms with Crippen molar-refractivity contribution in [3.63, 3.8) is 0 Å². The molecule has 2 aromatic carbocycles. The topological polar surface area (TPSA) is 40.6 Å². The van der Waals surface area contributed by atoms with Gasteiger partial charge in [0.05, 0.1) is 5.75 Å². The predicted octanol–water partition coefficient (Wildman–Crippen LogP) is 3.17. The van der Waals surface area contributed by atoms with E-state index in [0.29, 0.717) is 31.2 Å². The summed E-state index contributed by atoms with van der Waals surface area (Å²) in [5.74, 6) is -0.229. The molecule has 0 bridgehead atoms. The molecule has 0 atom stereocenters. The van der Waals surface area contributed by atoms with Crippen molar-refractivity contribution in [1.82, 2.24) is 9.21 Å². The van der Waals surface area contributed by atoms with Gasteiger partial charge in [-0.1, -0.05) is 35.9 Å². The number of piperazine rings is 1. The van der Waals surface area contributed by atoms with Gasteiger partial charge in [-0.25, -0.2) is 12.8 Å². The lowest BCUT2D eigenvalue weighted by Crippen LogP contribution is -2.49. The average molecular weight is 397 g/mol. The first-order chi connectivity index (χ1) is 12.4. The molecule has 2 aromatic rings. The second-order valence-electron chi connectivity index (χ2n) is 6.50. The monoisotopic (exact) mass is 396 g/mol. The Morgan fingerprint density at radius 3 is 2.08 bits per heavy atom. The highest BCUT2D eigenvalue weighted by atomic mass is 35.5. The SMILES string of the molecule is O=S(=O)(Cc1ccc(Cl)cc1)N1CCN(CCc2ccc(F)cc2)CC1. The molecule has 1 fully saturated rings. The fourth-order valence-corrected chi connectivity index (χ4v) is 4.69. The van der Waals surface area contributed by atoms with E-state index in [1.54, 1.807) is 40.7 Å². The number of sulfonamides is 1. The zero-order valence-electron chi connectivity index (χ0n) is 14.4. The summed E-state index contributed by atoms with van der Waals surface area (Å²) in [6, 6.07) is 13.4. The molecule has 7 heteroatoms. The maximum Gasteiger partial charge on any atom is 0.218 e. The highest BCUT2D eigenvalue weighted by Crippen LogP contribution is 2.16. The van der Waals surface area contributed by atoms with E-state index < -0.39 is 10.0 Å². The van der Waals surface area contributed by atoms with Gasteiger partial charge in [-0.3, -0.25) is 0 Å². The largest absolute Gasteiger partial charge is 0.300 e. The summed E-state index contributed by atoms with van der Waals surface area (Å²) in [6.45, 7) is 3.26. The van der Waals surface area contributed by atoms with Gasteiger partial charge in [0, 0.05) is 37.7 Å². The molecule has 3 rings (SSSR count). The smallest absolute Gasteiger partial charge is 0.218 e. The number of hydrogen-bond acceptors (Lipinski definition) is 3. The standard InChI is InChI=1S/C19H22ClFN2O2S/c20-18-5-1-17(2-6-18)15-26(24,25)23-13-11-22(12-14-23)10-9-16-3-7-19(21)8-4-16/h1-8H,9-15H2. The Kier molecular flexibility index (Phi) is 6.29. The van der Waals surface area contributed by atoms with Crippen LogP contribution in [0.3, 0.4) is 0 Å². The van der Waals surface area contributed by atoms with Crippen LogP contribution in [0.4, 0.5) is 4.39 Å². The molecule has 0 saturated carbocycles. The van der Waals surface area contributed by atoms with Crippen molar-refractivity contribution in [2.45, 2.75) is 12.2 Å². The molecule has 1 saturated heterocycles. The van der Waals surface area contributed by atoms with Crippen LogP contribution in [-0.4, -0.2) is 50.3 Å². The van der Waals surface area contributed by atoms with Gasteiger partial charge < -0.3 is 4.90 Å². The Labute approximate surface area is 159 Å². The zero-order chi connectivity index (χ0) is 18.6. The van der Waals surface area contributed by atoms with E-state index in [1.165, 1.54) is 12.1 Å². The molecule has 0 spiro atoms. The van der Waals surface area contributed by atoms with Gasteiger partial charge in [-0.05, 0) is 41.8 Å². The van der Waals surface area contributed by atoms with Crippen LogP contribution in [-0.2, 0) is 22.2 Å². The van der Waals surface area contributed by atoms with Gasteiger partial charge in [-0.2, -0.15) is 4.31 Å². The van der Waals surface area contributed by atoms with Gasteiger partial charge in [0.15, 0.2) is 0 Å². The summed E-state index contributed by atoms with van der Waals surface area (Å²) >= 11 is 5.85. The minimum Gasteiger partial charge on any atom is -0.300 e. The summed E-state index contributed by atoms with van der Waals surface area (Å²) in [5, 5.41) is 0.598. The summed E-state index contributed by atoms with van der Waals surface area (Å²) in [7, 11) is -3.32. The molecular formula is C19H22ClFN2O2S. The summed E-state index contributed by atoms with van der Waals surface area (Å²) < 4.78 is 39.7. The minimum atomic E-state index is -3.32. The molecule has 0 aromatic heterocycles. The Bertz CT molecular complexity index is 818. The fraction of sp³-hybridized carbons (Fsp3) is 0.368. The highest BCUT2D eigenvalue weighted by molar-refractivity contribution is 7.88. The van der Waals surface area contributed by atoms with Gasteiger partial charge in [0.1, 0.15) is 5.82 Å². The normalized spacial score (nSPS) is 16.7. The van der Waals surface area contributed by atoms with Crippen LogP contribution < -0.4 is 0 Å². The Balaban J connectivity index is 1.49. The predicted molar refractivity (Wildman–Crippen MR) is 102 cm³/mol. The van der Waals surface area contributed by atoms with Crippen molar-refractivity contribution in [3.05, 3.63) is 70.5 Å². The number of rotatable bonds is 6. The Hall–Kier alpha value is -1.47. The van der Waals surface area contributed by atoms with Crippen molar-refractivity contribution in [3.8, 4) is 0 Å². The fourth-order valence-electron chi connectivity index (χ4n) is 3.05. The first-order valence-corrected chi connectivity index (χ1v) is 10.6. The molecule has 26 heavy (non-hydrogen) atoms. The summed E-state index contributed by atoms with van der Waals surface area (Å²) in [4.78, 5) is 2.25. The quantitative estimate of drug-likeness (QED) is 0.753.